The Balaban J connectivity index is 2.20. The van der Waals surface area contributed by atoms with Crippen LogP contribution in [0.3, 0.4) is 0 Å². The lowest BCUT2D eigenvalue weighted by Gasteiger charge is -2.36. The van der Waals surface area contributed by atoms with Crippen LogP contribution in [0.2, 0.25) is 0 Å². The second kappa shape index (κ2) is 6.70. The topological polar surface area (TPSA) is 56.3 Å². The van der Waals surface area contributed by atoms with Crippen LogP contribution in [0.4, 0.5) is 0 Å². The van der Waals surface area contributed by atoms with Crippen molar-refractivity contribution in [2.45, 2.75) is 38.8 Å². The van der Waals surface area contributed by atoms with Crippen molar-refractivity contribution in [2.24, 2.45) is 18.7 Å². The molecule has 1 heterocycles. The van der Waals surface area contributed by atoms with Crippen molar-refractivity contribution in [2.75, 3.05) is 26.8 Å². The van der Waals surface area contributed by atoms with Crippen molar-refractivity contribution in [3.05, 3.63) is 17.5 Å². The summed E-state index contributed by atoms with van der Waals surface area (Å²) in [4.78, 5) is 2.51. The summed E-state index contributed by atoms with van der Waals surface area (Å²) in [5.41, 5.74) is 8.54. The first kappa shape index (κ1) is 15.5. The molecule has 2 N–H and O–H groups in total. The van der Waals surface area contributed by atoms with Crippen molar-refractivity contribution in [1.82, 2.24) is 14.7 Å². The fraction of sp³-hybridized carbons (Fsp3) is 0.800. The summed E-state index contributed by atoms with van der Waals surface area (Å²) in [5, 5.41) is 4.37. The van der Waals surface area contributed by atoms with Crippen LogP contribution in [-0.2, 0) is 11.8 Å². The first-order valence-electron chi connectivity index (χ1n) is 7.53. The third kappa shape index (κ3) is 3.22. The van der Waals surface area contributed by atoms with E-state index < -0.39 is 0 Å². The summed E-state index contributed by atoms with van der Waals surface area (Å²) in [7, 11) is 3.74. The van der Waals surface area contributed by atoms with Gasteiger partial charge in [0.25, 0.3) is 0 Å². The highest BCUT2D eigenvalue weighted by Crippen LogP contribution is 2.38. The summed E-state index contributed by atoms with van der Waals surface area (Å²) in [6.07, 6.45) is 4.65. The van der Waals surface area contributed by atoms with Crippen LogP contribution in [0, 0.1) is 12.8 Å². The molecule has 1 aliphatic rings. The predicted octanol–water partition coefficient (Wildman–Crippen LogP) is 1.48. The van der Waals surface area contributed by atoms with Crippen LogP contribution < -0.4 is 5.73 Å². The second-order valence-electron chi connectivity index (χ2n) is 5.87. The Labute approximate surface area is 122 Å². The van der Waals surface area contributed by atoms with Gasteiger partial charge >= 0.3 is 0 Å². The van der Waals surface area contributed by atoms with Gasteiger partial charge in [-0.1, -0.05) is 0 Å². The molecule has 0 bridgehead atoms. The van der Waals surface area contributed by atoms with Crippen LogP contribution in [-0.4, -0.2) is 47.5 Å². The highest BCUT2D eigenvalue weighted by atomic mass is 16.5. The number of nitrogens with zero attached hydrogens (tertiary/aromatic N) is 3. The zero-order valence-electron chi connectivity index (χ0n) is 13.2. The van der Waals surface area contributed by atoms with E-state index in [1.165, 1.54) is 24.1 Å². The molecule has 0 amide bonds. The molecule has 0 saturated heterocycles. The predicted molar refractivity (Wildman–Crippen MR) is 80.5 cm³/mol. The number of nitrogens with two attached hydrogens (primary N) is 1. The van der Waals surface area contributed by atoms with Crippen molar-refractivity contribution < 1.29 is 4.74 Å². The van der Waals surface area contributed by atoms with Crippen LogP contribution in [0.1, 0.15) is 37.1 Å². The molecule has 5 nitrogen and oxygen atoms in total. The molecule has 0 spiro atoms. The van der Waals surface area contributed by atoms with Gasteiger partial charge in [0.1, 0.15) is 0 Å². The average molecular weight is 280 g/mol. The van der Waals surface area contributed by atoms with Gasteiger partial charge in [0, 0.05) is 44.5 Å². The average Bonchev–Trinajstić information content (AvgIpc) is 3.24. The van der Waals surface area contributed by atoms with E-state index in [-0.39, 0.29) is 6.04 Å². The monoisotopic (exact) mass is 280 g/mol. The van der Waals surface area contributed by atoms with E-state index in [0.717, 1.165) is 19.1 Å². The Morgan fingerprint density at radius 2 is 2.25 bits per heavy atom. The van der Waals surface area contributed by atoms with Crippen molar-refractivity contribution in [3.8, 4) is 0 Å². The van der Waals surface area contributed by atoms with E-state index in [2.05, 4.69) is 23.8 Å². The Kier molecular flexibility index (Phi) is 5.18. The number of aromatic nitrogens is 2. The summed E-state index contributed by atoms with van der Waals surface area (Å²) >= 11 is 0. The van der Waals surface area contributed by atoms with Gasteiger partial charge in [-0.15, -0.1) is 0 Å². The lowest BCUT2D eigenvalue weighted by atomic mass is 10.0. The smallest absolute Gasteiger partial charge is 0.0590 e. The zero-order valence-corrected chi connectivity index (χ0v) is 13.2. The summed E-state index contributed by atoms with van der Waals surface area (Å²) in [6.45, 7) is 6.72. The van der Waals surface area contributed by atoms with Crippen LogP contribution >= 0.6 is 0 Å². The number of hydrogen-bond acceptors (Lipinski definition) is 4. The molecule has 1 aromatic heterocycles. The van der Waals surface area contributed by atoms with Gasteiger partial charge in [0.2, 0.25) is 0 Å². The van der Waals surface area contributed by atoms with Gasteiger partial charge in [-0.25, -0.2) is 0 Å². The first-order chi connectivity index (χ1) is 9.60. The zero-order chi connectivity index (χ0) is 14.7. The van der Waals surface area contributed by atoms with Gasteiger partial charge in [-0.05, 0) is 32.6 Å². The van der Waals surface area contributed by atoms with Crippen LogP contribution in [0.15, 0.2) is 6.20 Å². The molecule has 1 fully saturated rings. The lowest BCUT2D eigenvalue weighted by Crippen LogP contribution is -2.43. The number of hydrogen-bond donors (Lipinski definition) is 1. The van der Waals surface area contributed by atoms with Gasteiger partial charge in [0.15, 0.2) is 0 Å². The Hall–Kier alpha value is -0.910. The van der Waals surface area contributed by atoms with Gasteiger partial charge in [-0.3, -0.25) is 9.58 Å². The summed E-state index contributed by atoms with van der Waals surface area (Å²) in [5.74, 6) is 0.817. The number of ether oxygens (including phenoxy) is 1. The third-order valence-electron chi connectivity index (χ3n) is 4.64. The number of methoxy groups -OCH3 is 1. The maximum atomic E-state index is 6.09. The minimum absolute atomic E-state index is 0.231. The van der Waals surface area contributed by atoms with E-state index in [0.29, 0.717) is 12.6 Å². The summed E-state index contributed by atoms with van der Waals surface area (Å²) < 4.78 is 7.21. The van der Waals surface area contributed by atoms with Crippen LogP contribution in [0.25, 0.3) is 0 Å². The van der Waals surface area contributed by atoms with Gasteiger partial charge in [0.05, 0.1) is 18.8 Å². The molecule has 114 valence electrons. The molecular weight excluding hydrogens is 252 g/mol. The number of rotatable bonds is 8. The van der Waals surface area contributed by atoms with Gasteiger partial charge < -0.3 is 10.5 Å². The molecule has 2 atom stereocenters. The Morgan fingerprint density at radius 3 is 2.70 bits per heavy atom. The SMILES string of the molecule is COCCN(C(CN)c1cnn(C)c1C)C(C)C1CC1. The fourth-order valence-electron chi connectivity index (χ4n) is 2.97. The summed E-state index contributed by atoms with van der Waals surface area (Å²) in [6, 6.07) is 0.785. The molecular formula is C15H28N4O. The molecule has 1 saturated carbocycles. The second-order valence-corrected chi connectivity index (χ2v) is 5.87. The fourth-order valence-corrected chi connectivity index (χ4v) is 2.97. The minimum Gasteiger partial charge on any atom is -0.383 e. The van der Waals surface area contributed by atoms with E-state index in [1.54, 1.807) is 7.11 Å². The Bertz CT molecular complexity index is 428. The maximum absolute atomic E-state index is 6.09. The van der Waals surface area contributed by atoms with Crippen LogP contribution in [0.5, 0.6) is 0 Å². The van der Waals surface area contributed by atoms with Crippen molar-refractivity contribution in [1.29, 1.82) is 0 Å². The minimum atomic E-state index is 0.231. The molecule has 0 aromatic carbocycles. The first-order valence-corrected chi connectivity index (χ1v) is 7.53. The van der Waals surface area contributed by atoms with E-state index in [1.807, 2.05) is 17.9 Å². The molecule has 0 aliphatic heterocycles. The largest absolute Gasteiger partial charge is 0.383 e. The van der Waals surface area contributed by atoms with Crippen molar-refractivity contribution in [3.63, 3.8) is 0 Å². The Morgan fingerprint density at radius 1 is 1.55 bits per heavy atom. The van der Waals surface area contributed by atoms with E-state index in [9.17, 15) is 0 Å². The normalized spacial score (nSPS) is 18.5. The van der Waals surface area contributed by atoms with Gasteiger partial charge in [-0.2, -0.15) is 5.10 Å². The molecule has 2 unspecified atom stereocenters. The molecule has 1 aromatic rings. The molecule has 0 radical (unpaired) electrons. The highest BCUT2D eigenvalue weighted by molar-refractivity contribution is 5.21. The van der Waals surface area contributed by atoms with Crippen molar-refractivity contribution >= 4 is 0 Å². The standard InChI is InChI=1S/C15H28N4O/c1-11(13-5-6-13)19(7-8-20-4)15(9-16)14-10-17-18(3)12(14)2/h10-11,13,15H,5-9,16H2,1-4H3. The third-order valence-corrected chi connectivity index (χ3v) is 4.64. The highest BCUT2D eigenvalue weighted by Gasteiger charge is 2.35. The van der Waals surface area contributed by atoms with E-state index >= 15 is 0 Å². The van der Waals surface area contributed by atoms with E-state index in [4.69, 9.17) is 10.5 Å². The molecule has 2 rings (SSSR count). The lowest BCUT2D eigenvalue weighted by molar-refractivity contribution is 0.0832. The quantitative estimate of drug-likeness (QED) is 0.783. The molecule has 5 heteroatoms. The number of aryl methyl sites for hydroxylation is 1. The molecule has 20 heavy (non-hydrogen) atoms. The maximum Gasteiger partial charge on any atom is 0.0590 e. The molecule has 1 aliphatic carbocycles.